The minimum atomic E-state index is -0.161. The lowest BCUT2D eigenvalue weighted by Gasteiger charge is -2.17. The van der Waals surface area contributed by atoms with Crippen LogP contribution in [0.3, 0.4) is 0 Å². The van der Waals surface area contributed by atoms with E-state index in [0.29, 0.717) is 16.8 Å². The zero-order valence-electron chi connectivity index (χ0n) is 20.5. The largest absolute Gasteiger partial charge is 0.455 e. The number of para-hydroxylation sites is 1. The second-order valence-corrected chi connectivity index (χ2v) is 9.18. The molecule has 0 atom stereocenters. The standard InChI is InChI=1S/C28H28N4O3/c1-17-8-6-9-18(2)27(17)35-24-16-31(4)25(33)13-20(24)22-15-32(5)28(34)26-21(22)12-23(29-26)19-10-7-11-30(3)14-19/h6-10,12-16,29H,11H2,1-5H3. The number of aryl methyl sites for hydroxylation is 4. The number of hydrogen-bond acceptors (Lipinski definition) is 4. The Hall–Kier alpha value is -4.26. The molecule has 1 aromatic carbocycles. The molecule has 0 bridgehead atoms. The smallest absolute Gasteiger partial charge is 0.274 e. The number of aromatic nitrogens is 3. The number of pyridine rings is 2. The molecule has 0 saturated carbocycles. The number of nitrogens with one attached hydrogen (secondary N) is 1. The summed E-state index contributed by atoms with van der Waals surface area (Å²) in [4.78, 5) is 31.2. The van der Waals surface area contributed by atoms with Gasteiger partial charge in [-0.2, -0.15) is 0 Å². The molecule has 4 heterocycles. The van der Waals surface area contributed by atoms with Crippen molar-refractivity contribution in [3.8, 4) is 22.6 Å². The Labute approximate surface area is 203 Å². The Morgan fingerprint density at radius 3 is 2.40 bits per heavy atom. The van der Waals surface area contributed by atoms with Gasteiger partial charge in [-0.1, -0.05) is 30.4 Å². The SMILES string of the molecule is Cc1cccc(C)c1Oc1cn(C)c(=O)cc1-c1cn(C)c(=O)c2[nH]c(C3=CN(C)CC=C3)cc12. The molecular weight excluding hydrogens is 440 g/mol. The van der Waals surface area contributed by atoms with E-state index >= 15 is 0 Å². The average molecular weight is 469 g/mol. The van der Waals surface area contributed by atoms with Gasteiger partial charge in [0.1, 0.15) is 11.3 Å². The quantitative estimate of drug-likeness (QED) is 0.479. The molecule has 0 radical (unpaired) electrons. The van der Waals surface area contributed by atoms with Crippen LogP contribution in [0.5, 0.6) is 11.5 Å². The summed E-state index contributed by atoms with van der Waals surface area (Å²) in [6.07, 6.45) is 9.64. The molecule has 178 valence electrons. The van der Waals surface area contributed by atoms with Crippen molar-refractivity contribution in [3.05, 3.63) is 98.6 Å². The fourth-order valence-corrected chi connectivity index (χ4v) is 4.51. The summed E-state index contributed by atoms with van der Waals surface area (Å²) >= 11 is 0. The fraction of sp³-hybridized carbons (Fsp3) is 0.214. The van der Waals surface area contributed by atoms with Crippen molar-refractivity contribution >= 4 is 16.5 Å². The molecular formula is C28H28N4O3. The first-order valence-electron chi connectivity index (χ1n) is 11.5. The molecule has 7 nitrogen and oxygen atoms in total. The molecule has 1 N–H and O–H groups in total. The van der Waals surface area contributed by atoms with Crippen LogP contribution in [0.4, 0.5) is 0 Å². The zero-order chi connectivity index (χ0) is 24.9. The van der Waals surface area contributed by atoms with Gasteiger partial charge in [0, 0.05) is 73.9 Å². The van der Waals surface area contributed by atoms with Crippen molar-refractivity contribution in [2.75, 3.05) is 13.6 Å². The van der Waals surface area contributed by atoms with Gasteiger partial charge in [-0.25, -0.2) is 0 Å². The van der Waals surface area contributed by atoms with E-state index in [-0.39, 0.29) is 11.1 Å². The molecule has 35 heavy (non-hydrogen) atoms. The molecule has 5 rings (SSSR count). The third kappa shape index (κ3) is 3.99. The third-order valence-corrected chi connectivity index (χ3v) is 6.43. The highest BCUT2D eigenvalue weighted by Crippen LogP contribution is 2.38. The maximum Gasteiger partial charge on any atom is 0.274 e. The summed E-state index contributed by atoms with van der Waals surface area (Å²) < 4.78 is 9.47. The topological polar surface area (TPSA) is 72.3 Å². The summed E-state index contributed by atoms with van der Waals surface area (Å²) in [7, 11) is 5.42. The minimum absolute atomic E-state index is 0.134. The molecule has 0 unspecified atom stereocenters. The van der Waals surface area contributed by atoms with Gasteiger partial charge in [0.15, 0.2) is 5.75 Å². The number of ether oxygens (including phenoxy) is 1. The summed E-state index contributed by atoms with van der Waals surface area (Å²) in [5.74, 6) is 1.30. The first kappa shape index (κ1) is 22.5. The van der Waals surface area contributed by atoms with Crippen molar-refractivity contribution in [1.82, 2.24) is 19.0 Å². The van der Waals surface area contributed by atoms with Crippen molar-refractivity contribution < 1.29 is 4.74 Å². The van der Waals surface area contributed by atoms with Crippen molar-refractivity contribution in [2.45, 2.75) is 13.8 Å². The molecule has 0 spiro atoms. The van der Waals surface area contributed by atoms with E-state index in [0.717, 1.165) is 45.6 Å². The number of likely N-dealkylation sites (N-methyl/N-ethyl adjacent to an activating group) is 1. The van der Waals surface area contributed by atoms with Gasteiger partial charge in [-0.05, 0) is 31.0 Å². The number of rotatable bonds is 4. The first-order valence-corrected chi connectivity index (χ1v) is 11.5. The molecule has 1 aliphatic rings. The molecule has 0 aliphatic carbocycles. The lowest BCUT2D eigenvalue weighted by Crippen LogP contribution is -2.18. The van der Waals surface area contributed by atoms with Gasteiger partial charge in [0.05, 0.1) is 6.20 Å². The maximum absolute atomic E-state index is 13.0. The van der Waals surface area contributed by atoms with Gasteiger partial charge >= 0.3 is 0 Å². The van der Waals surface area contributed by atoms with E-state index < -0.39 is 0 Å². The van der Waals surface area contributed by atoms with Gasteiger partial charge in [-0.15, -0.1) is 0 Å². The minimum Gasteiger partial charge on any atom is -0.455 e. The second kappa shape index (κ2) is 8.51. The van der Waals surface area contributed by atoms with Crippen LogP contribution in [0, 0.1) is 13.8 Å². The zero-order valence-corrected chi connectivity index (χ0v) is 20.5. The second-order valence-electron chi connectivity index (χ2n) is 9.18. The monoisotopic (exact) mass is 468 g/mol. The Balaban J connectivity index is 1.75. The molecule has 0 fully saturated rings. The lowest BCUT2D eigenvalue weighted by atomic mass is 10.0. The van der Waals surface area contributed by atoms with Crippen LogP contribution in [0.25, 0.3) is 27.6 Å². The first-order chi connectivity index (χ1) is 16.7. The van der Waals surface area contributed by atoms with E-state index in [9.17, 15) is 9.59 Å². The molecule has 1 aliphatic heterocycles. The van der Waals surface area contributed by atoms with E-state index in [1.807, 2.05) is 57.4 Å². The van der Waals surface area contributed by atoms with Gasteiger partial charge < -0.3 is 23.8 Å². The normalized spacial score (nSPS) is 13.4. The van der Waals surface area contributed by atoms with Crippen LogP contribution in [0.15, 0.2) is 70.7 Å². The fourth-order valence-electron chi connectivity index (χ4n) is 4.51. The number of fused-ring (bicyclic) bond motifs is 1. The van der Waals surface area contributed by atoms with Gasteiger partial charge in [0.25, 0.3) is 11.1 Å². The number of aromatic amines is 1. The summed E-state index contributed by atoms with van der Waals surface area (Å²) in [6, 6.07) is 9.53. The predicted octanol–water partition coefficient (Wildman–Crippen LogP) is 4.48. The van der Waals surface area contributed by atoms with Crippen LogP contribution in [-0.4, -0.2) is 32.6 Å². The van der Waals surface area contributed by atoms with E-state index in [4.69, 9.17) is 4.74 Å². The number of allylic oxidation sites excluding steroid dienone is 2. The van der Waals surface area contributed by atoms with Crippen molar-refractivity contribution in [3.63, 3.8) is 0 Å². The third-order valence-electron chi connectivity index (χ3n) is 6.43. The highest BCUT2D eigenvalue weighted by Gasteiger charge is 2.19. The van der Waals surface area contributed by atoms with Crippen LogP contribution < -0.4 is 15.9 Å². The highest BCUT2D eigenvalue weighted by atomic mass is 16.5. The van der Waals surface area contributed by atoms with Crippen LogP contribution in [-0.2, 0) is 14.1 Å². The lowest BCUT2D eigenvalue weighted by molar-refractivity contribution is 0.470. The number of nitrogens with zero attached hydrogens (tertiary/aromatic N) is 3. The average Bonchev–Trinajstić information content (AvgIpc) is 3.27. The van der Waals surface area contributed by atoms with E-state index in [1.54, 1.807) is 32.6 Å². The summed E-state index contributed by atoms with van der Waals surface area (Å²) in [5, 5.41) is 0.741. The van der Waals surface area contributed by atoms with Crippen LogP contribution in [0.1, 0.15) is 16.8 Å². The number of hydrogen-bond donors (Lipinski definition) is 1. The number of H-pyrrole nitrogens is 1. The molecule has 3 aromatic heterocycles. The summed E-state index contributed by atoms with van der Waals surface area (Å²) in [6.45, 7) is 4.83. The Morgan fingerprint density at radius 2 is 1.69 bits per heavy atom. The molecule has 0 saturated heterocycles. The van der Waals surface area contributed by atoms with E-state index in [2.05, 4.69) is 16.0 Å². The molecule has 4 aromatic rings. The Bertz CT molecular complexity index is 1630. The van der Waals surface area contributed by atoms with Crippen LogP contribution >= 0.6 is 0 Å². The Morgan fingerprint density at radius 1 is 0.943 bits per heavy atom. The van der Waals surface area contributed by atoms with Crippen LogP contribution in [0.2, 0.25) is 0 Å². The van der Waals surface area contributed by atoms with E-state index in [1.165, 1.54) is 9.13 Å². The van der Waals surface area contributed by atoms with Gasteiger partial charge in [0.2, 0.25) is 0 Å². The highest BCUT2D eigenvalue weighted by molar-refractivity contribution is 5.98. The number of benzene rings is 1. The maximum atomic E-state index is 13.0. The summed E-state index contributed by atoms with van der Waals surface area (Å²) in [5.41, 5.74) is 5.40. The Kier molecular flexibility index (Phi) is 5.47. The molecule has 7 heteroatoms. The van der Waals surface area contributed by atoms with Gasteiger partial charge in [-0.3, -0.25) is 9.59 Å². The van der Waals surface area contributed by atoms with Crippen molar-refractivity contribution in [2.24, 2.45) is 14.1 Å². The molecule has 0 amide bonds. The predicted molar refractivity (Wildman–Crippen MR) is 140 cm³/mol. The van der Waals surface area contributed by atoms with Crippen molar-refractivity contribution in [1.29, 1.82) is 0 Å².